The highest BCUT2D eigenvalue weighted by atomic mass is 32.2. The van der Waals surface area contributed by atoms with Gasteiger partial charge in [-0.3, -0.25) is 4.79 Å². The third-order valence-electron chi connectivity index (χ3n) is 1.53. The molecule has 0 bridgehead atoms. The predicted octanol–water partition coefficient (Wildman–Crippen LogP) is 2.49. The molecule has 13 heavy (non-hydrogen) atoms. The number of hydrogen-bond donors (Lipinski definition) is 1. The zero-order chi connectivity index (χ0) is 9.68. The number of aliphatic carboxylic acids is 1. The lowest BCUT2D eigenvalue weighted by molar-refractivity contribution is -0.136. The van der Waals surface area contributed by atoms with Crippen LogP contribution >= 0.6 is 23.1 Å². The molecule has 0 aliphatic heterocycles. The lowest BCUT2D eigenvalue weighted by Crippen LogP contribution is -2.08. The summed E-state index contributed by atoms with van der Waals surface area (Å²) in [4.78, 5) is 14.6. The van der Waals surface area contributed by atoms with Crippen LogP contribution in [0.5, 0.6) is 0 Å². The Hall–Kier alpha value is -0.550. The number of aromatic nitrogens is 1. The normalized spacial score (nSPS) is 12.7. The molecule has 1 unspecified atom stereocenters. The van der Waals surface area contributed by atoms with E-state index in [1.54, 1.807) is 29.3 Å². The molecule has 0 amide bonds. The Bertz CT molecular complexity index is 261. The van der Waals surface area contributed by atoms with Gasteiger partial charge in [0.2, 0.25) is 0 Å². The zero-order valence-electron chi connectivity index (χ0n) is 7.27. The largest absolute Gasteiger partial charge is 0.481 e. The van der Waals surface area contributed by atoms with Crippen LogP contribution in [0.15, 0.2) is 15.9 Å². The third kappa shape index (κ3) is 3.78. The molecular weight excluding hydrogens is 206 g/mol. The molecule has 1 rings (SSSR count). The van der Waals surface area contributed by atoms with Crippen LogP contribution < -0.4 is 0 Å². The smallest absolute Gasteiger partial charge is 0.304 e. The predicted molar refractivity (Wildman–Crippen MR) is 54.3 cm³/mol. The van der Waals surface area contributed by atoms with Crippen molar-refractivity contribution >= 4 is 29.1 Å². The van der Waals surface area contributed by atoms with Crippen molar-refractivity contribution in [2.24, 2.45) is 0 Å². The van der Waals surface area contributed by atoms with Crippen molar-refractivity contribution in [2.45, 2.75) is 29.4 Å². The molecule has 0 radical (unpaired) electrons. The molecular formula is C8H11NO2S2. The summed E-state index contributed by atoms with van der Waals surface area (Å²) in [7, 11) is 0. The number of thiazole rings is 1. The summed E-state index contributed by atoms with van der Waals surface area (Å²) in [6.45, 7) is 1.99. The first-order chi connectivity index (χ1) is 6.22. The fourth-order valence-electron chi connectivity index (χ4n) is 0.875. The monoisotopic (exact) mass is 217 g/mol. The highest BCUT2D eigenvalue weighted by Gasteiger charge is 2.13. The van der Waals surface area contributed by atoms with Crippen LogP contribution in [0.25, 0.3) is 0 Å². The van der Waals surface area contributed by atoms with Gasteiger partial charge in [-0.1, -0.05) is 18.7 Å². The summed E-state index contributed by atoms with van der Waals surface area (Å²) in [5.74, 6) is -0.740. The maximum Gasteiger partial charge on any atom is 0.304 e. The molecule has 1 aromatic heterocycles. The zero-order valence-corrected chi connectivity index (χ0v) is 8.90. The topological polar surface area (TPSA) is 50.2 Å². The molecule has 72 valence electrons. The Labute approximate surface area is 85.2 Å². The SMILES string of the molecule is CCC(CC(=O)O)Sc1nccs1. The van der Waals surface area contributed by atoms with E-state index in [9.17, 15) is 4.79 Å². The summed E-state index contributed by atoms with van der Waals surface area (Å²) in [6, 6.07) is 0. The molecule has 0 saturated heterocycles. The van der Waals surface area contributed by atoms with Crippen molar-refractivity contribution in [3.63, 3.8) is 0 Å². The summed E-state index contributed by atoms with van der Waals surface area (Å²) >= 11 is 3.10. The van der Waals surface area contributed by atoms with Gasteiger partial charge in [-0.2, -0.15) is 0 Å². The van der Waals surface area contributed by atoms with Gasteiger partial charge in [0.05, 0.1) is 6.42 Å². The Kier molecular flexibility index (Phi) is 4.24. The number of hydrogen-bond acceptors (Lipinski definition) is 4. The Morgan fingerprint density at radius 2 is 2.62 bits per heavy atom. The number of carboxylic acid groups (broad SMARTS) is 1. The number of carboxylic acids is 1. The fourth-order valence-corrected chi connectivity index (χ4v) is 2.83. The lowest BCUT2D eigenvalue weighted by atomic mass is 10.2. The van der Waals surface area contributed by atoms with Gasteiger partial charge in [0.15, 0.2) is 0 Å². The highest BCUT2D eigenvalue weighted by Crippen LogP contribution is 2.28. The first kappa shape index (κ1) is 10.5. The van der Waals surface area contributed by atoms with Crippen LogP contribution in [0, 0.1) is 0 Å². The maximum absolute atomic E-state index is 10.5. The molecule has 0 aromatic carbocycles. The van der Waals surface area contributed by atoms with E-state index in [4.69, 9.17) is 5.11 Å². The molecule has 1 N–H and O–H groups in total. The summed E-state index contributed by atoms with van der Waals surface area (Å²) in [6.07, 6.45) is 2.80. The summed E-state index contributed by atoms with van der Waals surface area (Å²) in [5, 5.41) is 10.7. The molecule has 1 atom stereocenters. The van der Waals surface area contributed by atoms with Crippen LogP contribution in [0.3, 0.4) is 0 Å². The van der Waals surface area contributed by atoms with Gasteiger partial charge in [0.25, 0.3) is 0 Å². The average molecular weight is 217 g/mol. The fraction of sp³-hybridized carbons (Fsp3) is 0.500. The second-order valence-electron chi connectivity index (χ2n) is 2.54. The van der Waals surface area contributed by atoms with Gasteiger partial charge in [-0.15, -0.1) is 11.3 Å². The van der Waals surface area contributed by atoms with Crippen molar-refractivity contribution in [2.75, 3.05) is 0 Å². The van der Waals surface area contributed by atoms with Crippen molar-refractivity contribution in [3.05, 3.63) is 11.6 Å². The molecule has 0 aliphatic rings. The second-order valence-corrected chi connectivity index (χ2v) is 4.99. The molecule has 5 heteroatoms. The molecule has 0 spiro atoms. The van der Waals surface area contributed by atoms with Gasteiger partial charge < -0.3 is 5.11 Å². The highest BCUT2D eigenvalue weighted by molar-refractivity contribution is 8.01. The Morgan fingerprint density at radius 3 is 3.08 bits per heavy atom. The number of nitrogens with zero attached hydrogens (tertiary/aromatic N) is 1. The standard InChI is InChI=1S/C8H11NO2S2/c1-2-6(5-7(10)11)13-8-9-3-4-12-8/h3-4,6H,2,5H2,1H3,(H,10,11). The van der Waals surface area contributed by atoms with Crippen molar-refractivity contribution in [1.29, 1.82) is 0 Å². The van der Waals surface area contributed by atoms with E-state index in [0.29, 0.717) is 0 Å². The molecule has 0 fully saturated rings. The number of thioether (sulfide) groups is 1. The summed E-state index contributed by atoms with van der Waals surface area (Å²) in [5.41, 5.74) is 0. The van der Waals surface area contributed by atoms with Crippen molar-refractivity contribution in [3.8, 4) is 0 Å². The maximum atomic E-state index is 10.5. The minimum Gasteiger partial charge on any atom is -0.481 e. The van der Waals surface area contributed by atoms with Gasteiger partial charge in [0.1, 0.15) is 4.34 Å². The van der Waals surface area contributed by atoms with Crippen LogP contribution in [-0.4, -0.2) is 21.3 Å². The molecule has 1 aromatic rings. The first-order valence-electron chi connectivity index (χ1n) is 4.00. The Balaban J connectivity index is 2.45. The minimum atomic E-state index is -0.740. The van der Waals surface area contributed by atoms with E-state index in [-0.39, 0.29) is 11.7 Å². The Morgan fingerprint density at radius 1 is 1.85 bits per heavy atom. The number of carbonyl (C=O) groups is 1. The molecule has 3 nitrogen and oxygen atoms in total. The molecule has 0 aliphatic carbocycles. The third-order valence-corrected chi connectivity index (χ3v) is 3.82. The van der Waals surface area contributed by atoms with E-state index in [1.807, 2.05) is 12.3 Å². The van der Waals surface area contributed by atoms with Crippen LogP contribution in [0.1, 0.15) is 19.8 Å². The average Bonchev–Trinajstić information content (AvgIpc) is 2.55. The van der Waals surface area contributed by atoms with E-state index >= 15 is 0 Å². The van der Waals surface area contributed by atoms with E-state index in [1.165, 1.54) is 0 Å². The lowest BCUT2D eigenvalue weighted by Gasteiger charge is -2.08. The first-order valence-corrected chi connectivity index (χ1v) is 5.76. The quantitative estimate of drug-likeness (QED) is 0.770. The van der Waals surface area contributed by atoms with Crippen LogP contribution in [-0.2, 0) is 4.79 Å². The van der Waals surface area contributed by atoms with Gasteiger partial charge in [0, 0.05) is 16.8 Å². The van der Waals surface area contributed by atoms with Gasteiger partial charge in [-0.25, -0.2) is 4.98 Å². The minimum absolute atomic E-state index is 0.142. The van der Waals surface area contributed by atoms with Gasteiger partial charge in [-0.05, 0) is 6.42 Å². The van der Waals surface area contributed by atoms with Gasteiger partial charge >= 0.3 is 5.97 Å². The van der Waals surface area contributed by atoms with Crippen LogP contribution in [0.2, 0.25) is 0 Å². The van der Waals surface area contributed by atoms with E-state index in [0.717, 1.165) is 10.8 Å². The number of rotatable bonds is 5. The van der Waals surface area contributed by atoms with Crippen molar-refractivity contribution < 1.29 is 9.90 Å². The molecule has 1 heterocycles. The summed E-state index contributed by atoms with van der Waals surface area (Å²) < 4.78 is 0.952. The van der Waals surface area contributed by atoms with E-state index in [2.05, 4.69) is 4.98 Å². The van der Waals surface area contributed by atoms with Crippen LogP contribution in [0.4, 0.5) is 0 Å². The van der Waals surface area contributed by atoms with E-state index < -0.39 is 5.97 Å². The van der Waals surface area contributed by atoms with Crippen molar-refractivity contribution in [1.82, 2.24) is 4.98 Å². The second kappa shape index (κ2) is 5.24. The molecule has 0 saturated carbocycles.